The van der Waals surface area contributed by atoms with E-state index in [0.29, 0.717) is 12.0 Å². The Bertz CT molecular complexity index is 969. The summed E-state index contributed by atoms with van der Waals surface area (Å²) < 4.78 is 21.1. The minimum atomic E-state index is -1.66. The van der Waals surface area contributed by atoms with Gasteiger partial charge in [0, 0.05) is 18.3 Å². The Hall–Kier alpha value is -2.42. The van der Waals surface area contributed by atoms with E-state index in [0.717, 1.165) is 40.6 Å². The normalized spacial score (nSPS) is 17.1. The van der Waals surface area contributed by atoms with E-state index in [1.165, 1.54) is 11.8 Å². The standard InChI is InChI=1S/C23H25FN2O3S2/c1-4-5-9-17-14-26(16-10-7-6-8-11-16)19-12-22(30-3)20(13-21(19)31-25(17)2)29-15-18(24)23(27)28/h4,6-8,10-13,15,17H,1,5,9,14H2,2-3H3,(H,27,28)/b18-15-/t17-/m1/s1. The number of anilines is 2. The van der Waals surface area contributed by atoms with Gasteiger partial charge in [-0.2, -0.15) is 4.39 Å². The minimum absolute atomic E-state index is 0.280. The van der Waals surface area contributed by atoms with Crippen LogP contribution < -0.4 is 9.64 Å². The van der Waals surface area contributed by atoms with Crippen LogP contribution >= 0.6 is 23.7 Å². The maximum atomic E-state index is 13.5. The number of carboxylic acid groups (broad SMARTS) is 1. The van der Waals surface area contributed by atoms with E-state index in [4.69, 9.17) is 9.84 Å². The molecule has 0 aliphatic carbocycles. The molecular formula is C23H25FN2O3S2. The predicted octanol–water partition coefficient (Wildman–Crippen LogP) is 6.11. The second kappa shape index (κ2) is 10.7. The van der Waals surface area contributed by atoms with Gasteiger partial charge < -0.3 is 14.7 Å². The van der Waals surface area contributed by atoms with Gasteiger partial charge >= 0.3 is 5.97 Å². The zero-order chi connectivity index (χ0) is 22.4. The molecule has 1 aliphatic rings. The maximum Gasteiger partial charge on any atom is 0.368 e. The second-order valence-corrected chi connectivity index (χ2v) is 9.01. The smallest absolute Gasteiger partial charge is 0.368 e. The Morgan fingerprint density at radius 3 is 2.77 bits per heavy atom. The number of nitrogens with zero attached hydrogens (tertiary/aromatic N) is 2. The molecule has 0 saturated carbocycles. The molecule has 3 rings (SSSR count). The largest absolute Gasteiger partial charge is 0.476 e. The number of hydrogen-bond donors (Lipinski definition) is 1. The first kappa shape index (κ1) is 23.2. The average Bonchev–Trinajstić information content (AvgIpc) is 2.91. The SMILES string of the molecule is C=CCC[C@@H]1CN(c2ccccc2)c2cc(SC)c(O/C=C(\F)C(=O)O)cc2SN1C. The molecule has 1 atom stereocenters. The number of rotatable bonds is 8. The molecule has 0 amide bonds. The lowest BCUT2D eigenvalue weighted by atomic mass is 10.1. The van der Waals surface area contributed by atoms with Gasteiger partial charge in [0.15, 0.2) is 0 Å². The highest BCUT2D eigenvalue weighted by molar-refractivity contribution is 7.98. The molecule has 1 heterocycles. The van der Waals surface area contributed by atoms with Crippen molar-refractivity contribution in [2.45, 2.75) is 28.7 Å². The lowest BCUT2D eigenvalue weighted by Gasteiger charge is -2.30. The summed E-state index contributed by atoms with van der Waals surface area (Å²) in [5.74, 6) is -2.59. The van der Waals surface area contributed by atoms with E-state index >= 15 is 0 Å². The minimum Gasteiger partial charge on any atom is -0.476 e. The summed E-state index contributed by atoms with van der Waals surface area (Å²) in [6.07, 6.45) is 6.36. The van der Waals surface area contributed by atoms with Crippen LogP contribution in [0.3, 0.4) is 0 Å². The van der Waals surface area contributed by atoms with Crippen molar-refractivity contribution in [3.05, 3.63) is 67.2 Å². The third-order valence-electron chi connectivity index (χ3n) is 4.95. The molecule has 8 heteroatoms. The van der Waals surface area contributed by atoms with Crippen LogP contribution in [0.4, 0.5) is 15.8 Å². The molecule has 0 aromatic heterocycles. The molecule has 164 valence electrons. The molecule has 2 aromatic rings. The van der Waals surface area contributed by atoms with E-state index in [-0.39, 0.29) is 6.04 Å². The maximum absolute atomic E-state index is 13.5. The highest BCUT2D eigenvalue weighted by atomic mass is 32.2. The summed E-state index contributed by atoms with van der Waals surface area (Å²) in [7, 11) is 2.06. The Morgan fingerprint density at radius 1 is 1.39 bits per heavy atom. The first-order chi connectivity index (χ1) is 14.9. The molecule has 2 aromatic carbocycles. The van der Waals surface area contributed by atoms with Crippen molar-refractivity contribution in [3.63, 3.8) is 0 Å². The van der Waals surface area contributed by atoms with Crippen LogP contribution in [-0.4, -0.2) is 41.3 Å². The summed E-state index contributed by atoms with van der Waals surface area (Å²) in [5, 5.41) is 8.76. The van der Waals surface area contributed by atoms with E-state index < -0.39 is 11.8 Å². The second-order valence-electron chi connectivity index (χ2n) is 6.96. The fourth-order valence-electron chi connectivity index (χ4n) is 3.32. The third-order valence-corrected chi connectivity index (χ3v) is 6.82. The van der Waals surface area contributed by atoms with Gasteiger partial charge in [-0.15, -0.1) is 18.3 Å². The summed E-state index contributed by atoms with van der Waals surface area (Å²) in [4.78, 5) is 14.8. The molecule has 0 radical (unpaired) electrons. The van der Waals surface area contributed by atoms with Crippen molar-refractivity contribution in [1.82, 2.24) is 4.31 Å². The molecule has 0 saturated heterocycles. The van der Waals surface area contributed by atoms with Crippen molar-refractivity contribution in [2.75, 3.05) is 24.7 Å². The van der Waals surface area contributed by atoms with E-state index in [1.807, 2.05) is 42.7 Å². The van der Waals surface area contributed by atoms with Gasteiger partial charge in [0.2, 0.25) is 5.83 Å². The van der Waals surface area contributed by atoms with Gasteiger partial charge in [0.05, 0.1) is 15.5 Å². The number of carbonyl (C=O) groups is 1. The number of thioether (sulfide) groups is 1. The molecule has 0 spiro atoms. The van der Waals surface area contributed by atoms with Gasteiger partial charge in [0.1, 0.15) is 12.0 Å². The highest BCUT2D eigenvalue weighted by Crippen LogP contribution is 2.45. The lowest BCUT2D eigenvalue weighted by molar-refractivity contribution is -0.134. The quantitative estimate of drug-likeness (QED) is 0.168. The fraction of sp³-hybridized carbons (Fsp3) is 0.261. The van der Waals surface area contributed by atoms with Crippen LogP contribution in [0, 0.1) is 0 Å². The van der Waals surface area contributed by atoms with Crippen molar-refractivity contribution in [3.8, 4) is 5.75 Å². The summed E-state index contributed by atoms with van der Waals surface area (Å²) in [5.41, 5.74) is 2.12. The third kappa shape index (κ3) is 5.64. The van der Waals surface area contributed by atoms with Crippen LogP contribution in [0.15, 0.2) is 77.0 Å². The number of carboxylic acids is 1. The summed E-state index contributed by atoms with van der Waals surface area (Å²) >= 11 is 3.06. The highest BCUT2D eigenvalue weighted by Gasteiger charge is 2.28. The molecule has 1 N–H and O–H groups in total. The number of aliphatic carboxylic acids is 1. The van der Waals surface area contributed by atoms with Crippen molar-refractivity contribution < 1.29 is 19.0 Å². The van der Waals surface area contributed by atoms with Crippen molar-refractivity contribution in [2.24, 2.45) is 0 Å². The Kier molecular flexibility index (Phi) is 8.06. The number of hydrogen-bond acceptors (Lipinski definition) is 6. The predicted molar refractivity (Wildman–Crippen MR) is 126 cm³/mol. The number of benzene rings is 2. The van der Waals surface area contributed by atoms with Gasteiger partial charge in [-0.25, -0.2) is 9.10 Å². The Morgan fingerprint density at radius 2 is 2.13 bits per heavy atom. The van der Waals surface area contributed by atoms with E-state index in [1.54, 1.807) is 11.9 Å². The molecule has 0 bridgehead atoms. The first-order valence-corrected chi connectivity index (χ1v) is 11.8. The van der Waals surface area contributed by atoms with E-state index in [2.05, 4.69) is 35.0 Å². The molecule has 5 nitrogen and oxygen atoms in total. The zero-order valence-corrected chi connectivity index (χ0v) is 19.1. The number of allylic oxidation sites excluding steroid dienone is 1. The van der Waals surface area contributed by atoms with E-state index in [9.17, 15) is 9.18 Å². The van der Waals surface area contributed by atoms with Gasteiger partial charge in [-0.1, -0.05) is 24.3 Å². The topological polar surface area (TPSA) is 53.0 Å². The van der Waals surface area contributed by atoms with Crippen molar-refractivity contribution >= 4 is 41.1 Å². The molecule has 1 aliphatic heterocycles. The van der Waals surface area contributed by atoms with Crippen LogP contribution in [0.5, 0.6) is 5.75 Å². The first-order valence-electron chi connectivity index (χ1n) is 9.76. The molecule has 0 unspecified atom stereocenters. The monoisotopic (exact) mass is 460 g/mol. The van der Waals surface area contributed by atoms with Gasteiger partial charge in [0.25, 0.3) is 0 Å². The molecular weight excluding hydrogens is 435 g/mol. The van der Waals surface area contributed by atoms with Crippen molar-refractivity contribution in [1.29, 1.82) is 0 Å². The lowest BCUT2D eigenvalue weighted by Crippen LogP contribution is -2.35. The Labute approximate surface area is 190 Å². The Balaban J connectivity index is 2.06. The fourth-order valence-corrected chi connectivity index (χ4v) is 4.91. The number of halogens is 1. The number of likely N-dealkylation sites (N-methyl/N-ethyl adjacent to an activating group) is 1. The number of para-hydroxylation sites is 1. The molecule has 31 heavy (non-hydrogen) atoms. The van der Waals surface area contributed by atoms with Crippen LogP contribution in [0.1, 0.15) is 12.8 Å². The van der Waals surface area contributed by atoms with Gasteiger partial charge in [-0.05, 0) is 62.4 Å². The molecule has 0 fully saturated rings. The number of ether oxygens (including phenoxy) is 1. The summed E-state index contributed by atoms with van der Waals surface area (Å²) in [6.45, 7) is 4.66. The number of fused-ring (bicyclic) bond motifs is 1. The van der Waals surface area contributed by atoms with Crippen LogP contribution in [-0.2, 0) is 4.79 Å². The van der Waals surface area contributed by atoms with Gasteiger partial charge in [-0.3, -0.25) is 0 Å². The summed E-state index contributed by atoms with van der Waals surface area (Å²) in [6, 6.07) is 14.3. The average molecular weight is 461 g/mol. The van der Waals surface area contributed by atoms with Crippen LogP contribution in [0.2, 0.25) is 0 Å². The zero-order valence-electron chi connectivity index (χ0n) is 17.5. The van der Waals surface area contributed by atoms with Crippen LogP contribution in [0.25, 0.3) is 0 Å².